The number of fused-ring (bicyclic) bond motifs is 1. The summed E-state index contributed by atoms with van der Waals surface area (Å²) in [4.78, 5) is 28.8. The Hall–Kier alpha value is -1.73. The fraction of sp³-hybridized carbons (Fsp3) is 0.750. The third kappa shape index (κ3) is 3.31. The lowest BCUT2D eigenvalue weighted by Crippen LogP contribution is -2.52. The summed E-state index contributed by atoms with van der Waals surface area (Å²) in [6, 6.07) is 0.823. The zero-order chi connectivity index (χ0) is 18.2. The van der Waals surface area contributed by atoms with Crippen LogP contribution in [-0.4, -0.2) is 77.2 Å². The number of hydrogen-bond donors (Lipinski definition) is 0. The maximum absolute atomic E-state index is 12.7. The van der Waals surface area contributed by atoms with Crippen LogP contribution < -0.4 is 4.90 Å². The molecule has 7 heteroatoms. The molecule has 1 aromatic heterocycles. The number of anilines is 1. The summed E-state index contributed by atoms with van der Waals surface area (Å²) in [7, 11) is 0. The van der Waals surface area contributed by atoms with Crippen molar-refractivity contribution in [1.29, 1.82) is 0 Å². The second kappa shape index (κ2) is 7.36. The lowest BCUT2D eigenvalue weighted by Gasteiger charge is -2.43. The summed E-state index contributed by atoms with van der Waals surface area (Å²) in [5, 5.41) is 0. The molecule has 1 saturated carbocycles. The molecule has 146 valence electrons. The molecule has 4 aliphatic rings. The van der Waals surface area contributed by atoms with Crippen LogP contribution >= 0.6 is 0 Å². The minimum atomic E-state index is -0.243. The van der Waals surface area contributed by atoms with Gasteiger partial charge in [0, 0.05) is 50.9 Å². The van der Waals surface area contributed by atoms with Crippen molar-refractivity contribution in [2.75, 3.05) is 44.2 Å². The number of hydrogen-bond acceptors (Lipinski definition) is 6. The fourth-order valence-electron chi connectivity index (χ4n) is 4.82. The molecular weight excluding hydrogens is 342 g/mol. The van der Waals surface area contributed by atoms with Gasteiger partial charge in [-0.05, 0) is 32.1 Å². The number of piperazine rings is 1. The van der Waals surface area contributed by atoms with Gasteiger partial charge in [0.1, 0.15) is 18.2 Å². The first kappa shape index (κ1) is 17.4. The topological polar surface area (TPSA) is 61.8 Å². The molecule has 7 nitrogen and oxygen atoms in total. The molecule has 27 heavy (non-hydrogen) atoms. The quantitative estimate of drug-likeness (QED) is 0.796. The molecule has 1 aromatic rings. The van der Waals surface area contributed by atoms with E-state index in [0.717, 1.165) is 69.5 Å². The Morgan fingerprint density at radius 2 is 1.89 bits per heavy atom. The average Bonchev–Trinajstić information content (AvgIpc) is 3.20. The van der Waals surface area contributed by atoms with Crippen LogP contribution in [0.25, 0.3) is 0 Å². The van der Waals surface area contributed by atoms with E-state index in [1.165, 1.54) is 24.8 Å². The van der Waals surface area contributed by atoms with E-state index in [0.29, 0.717) is 13.2 Å². The van der Waals surface area contributed by atoms with Crippen LogP contribution in [0.4, 0.5) is 5.82 Å². The number of amides is 1. The molecule has 3 aliphatic heterocycles. The maximum Gasteiger partial charge on any atom is 0.252 e. The SMILES string of the molecule is O=C(C1CCCO1)N1CCc2c(ncnc2N2CCN(C3CCC3)CC2)C1. The van der Waals surface area contributed by atoms with Crippen molar-refractivity contribution in [2.24, 2.45) is 0 Å². The van der Waals surface area contributed by atoms with Gasteiger partial charge in [-0.3, -0.25) is 9.69 Å². The fourth-order valence-corrected chi connectivity index (χ4v) is 4.82. The van der Waals surface area contributed by atoms with Crippen LogP contribution in [0.3, 0.4) is 0 Å². The zero-order valence-electron chi connectivity index (χ0n) is 16.0. The Labute approximate surface area is 160 Å². The van der Waals surface area contributed by atoms with E-state index < -0.39 is 0 Å². The molecule has 0 radical (unpaired) electrons. The Balaban J connectivity index is 1.27. The van der Waals surface area contributed by atoms with Gasteiger partial charge in [-0.1, -0.05) is 6.42 Å². The molecule has 1 aliphatic carbocycles. The minimum absolute atomic E-state index is 0.132. The summed E-state index contributed by atoms with van der Waals surface area (Å²) in [5.41, 5.74) is 2.25. The Kier molecular flexibility index (Phi) is 4.73. The highest BCUT2D eigenvalue weighted by molar-refractivity contribution is 5.81. The molecule has 1 amide bonds. The number of carbonyl (C=O) groups excluding carboxylic acids is 1. The van der Waals surface area contributed by atoms with E-state index in [-0.39, 0.29) is 12.0 Å². The molecule has 1 unspecified atom stereocenters. The smallest absolute Gasteiger partial charge is 0.252 e. The zero-order valence-corrected chi connectivity index (χ0v) is 16.0. The van der Waals surface area contributed by atoms with Crippen LogP contribution in [0.15, 0.2) is 6.33 Å². The van der Waals surface area contributed by atoms with E-state index in [9.17, 15) is 4.79 Å². The van der Waals surface area contributed by atoms with E-state index in [1.54, 1.807) is 6.33 Å². The third-order valence-electron chi connectivity index (χ3n) is 6.71. The van der Waals surface area contributed by atoms with Gasteiger partial charge in [0.05, 0.1) is 12.2 Å². The Bertz CT molecular complexity index is 694. The monoisotopic (exact) mass is 371 g/mol. The van der Waals surface area contributed by atoms with Crippen molar-refractivity contribution in [3.05, 3.63) is 17.6 Å². The van der Waals surface area contributed by atoms with Gasteiger partial charge in [-0.2, -0.15) is 0 Å². The molecule has 2 saturated heterocycles. The maximum atomic E-state index is 12.7. The Morgan fingerprint density at radius 1 is 1.04 bits per heavy atom. The predicted molar refractivity (Wildman–Crippen MR) is 102 cm³/mol. The van der Waals surface area contributed by atoms with E-state index in [1.807, 2.05) is 4.90 Å². The molecule has 4 heterocycles. The van der Waals surface area contributed by atoms with Gasteiger partial charge in [0.2, 0.25) is 0 Å². The summed E-state index contributed by atoms with van der Waals surface area (Å²) < 4.78 is 5.58. The number of ether oxygens (including phenoxy) is 1. The molecular formula is C20H29N5O2. The largest absolute Gasteiger partial charge is 0.368 e. The number of rotatable bonds is 3. The molecule has 0 spiro atoms. The van der Waals surface area contributed by atoms with Crippen LogP contribution in [-0.2, 0) is 22.5 Å². The number of nitrogens with zero attached hydrogens (tertiary/aromatic N) is 5. The normalized spacial score (nSPS) is 26.7. The van der Waals surface area contributed by atoms with Crippen LogP contribution in [0.2, 0.25) is 0 Å². The molecule has 5 rings (SSSR count). The lowest BCUT2D eigenvalue weighted by molar-refractivity contribution is -0.141. The van der Waals surface area contributed by atoms with Gasteiger partial charge >= 0.3 is 0 Å². The first-order valence-corrected chi connectivity index (χ1v) is 10.5. The Morgan fingerprint density at radius 3 is 2.59 bits per heavy atom. The van der Waals surface area contributed by atoms with Crippen molar-refractivity contribution in [3.8, 4) is 0 Å². The van der Waals surface area contributed by atoms with Gasteiger partial charge in [-0.15, -0.1) is 0 Å². The highest BCUT2D eigenvalue weighted by Crippen LogP contribution is 2.30. The lowest BCUT2D eigenvalue weighted by atomic mass is 9.91. The highest BCUT2D eigenvalue weighted by atomic mass is 16.5. The van der Waals surface area contributed by atoms with Gasteiger partial charge < -0.3 is 14.5 Å². The highest BCUT2D eigenvalue weighted by Gasteiger charge is 2.33. The molecule has 1 atom stereocenters. The van der Waals surface area contributed by atoms with Crippen LogP contribution in [0.5, 0.6) is 0 Å². The van der Waals surface area contributed by atoms with E-state index >= 15 is 0 Å². The molecule has 3 fully saturated rings. The summed E-state index contributed by atoms with van der Waals surface area (Å²) >= 11 is 0. The summed E-state index contributed by atoms with van der Waals surface area (Å²) in [6.07, 6.45) is 8.25. The number of aromatic nitrogens is 2. The van der Waals surface area contributed by atoms with Crippen molar-refractivity contribution in [3.63, 3.8) is 0 Å². The van der Waals surface area contributed by atoms with E-state index in [4.69, 9.17) is 4.74 Å². The average molecular weight is 371 g/mol. The number of carbonyl (C=O) groups is 1. The van der Waals surface area contributed by atoms with Crippen molar-refractivity contribution in [1.82, 2.24) is 19.8 Å². The molecule has 0 bridgehead atoms. The van der Waals surface area contributed by atoms with Crippen molar-refractivity contribution >= 4 is 11.7 Å². The summed E-state index contributed by atoms with van der Waals surface area (Å²) in [6.45, 7) is 6.39. The van der Waals surface area contributed by atoms with Crippen LogP contribution in [0.1, 0.15) is 43.4 Å². The van der Waals surface area contributed by atoms with E-state index in [2.05, 4.69) is 19.8 Å². The molecule has 0 aromatic carbocycles. The van der Waals surface area contributed by atoms with Gasteiger partial charge in [0.15, 0.2) is 0 Å². The van der Waals surface area contributed by atoms with Crippen molar-refractivity contribution in [2.45, 2.75) is 57.2 Å². The second-order valence-electron chi connectivity index (χ2n) is 8.24. The van der Waals surface area contributed by atoms with Crippen molar-refractivity contribution < 1.29 is 9.53 Å². The van der Waals surface area contributed by atoms with Gasteiger partial charge in [0.25, 0.3) is 5.91 Å². The summed E-state index contributed by atoms with van der Waals surface area (Å²) in [5.74, 6) is 1.23. The predicted octanol–water partition coefficient (Wildman–Crippen LogP) is 1.21. The standard InChI is InChI=1S/C20H29N5O2/c26-20(18-5-2-12-27-18)25-7-6-16-17(13-25)21-14-22-19(16)24-10-8-23(9-11-24)15-3-1-4-15/h14-15,18H,1-13H2. The third-order valence-corrected chi connectivity index (χ3v) is 6.71. The molecule has 0 N–H and O–H groups in total. The van der Waals surface area contributed by atoms with Crippen LogP contribution in [0, 0.1) is 0 Å². The first-order chi connectivity index (χ1) is 13.3. The second-order valence-corrected chi connectivity index (χ2v) is 8.24. The minimum Gasteiger partial charge on any atom is -0.368 e. The first-order valence-electron chi connectivity index (χ1n) is 10.5. The van der Waals surface area contributed by atoms with Gasteiger partial charge in [-0.25, -0.2) is 9.97 Å².